The van der Waals surface area contributed by atoms with Gasteiger partial charge in [0.15, 0.2) is 0 Å². The van der Waals surface area contributed by atoms with Crippen LogP contribution in [0.4, 0.5) is 5.69 Å². The molecule has 4 aliphatic rings. The number of amides is 1. The lowest BCUT2D eigenvalue weighted by Crippen LogP contribution is -2.43. The van der Waals surface area contributed by atoms with Gasteiger partial charge in [0.05, 0.1) is 16.0 Å². The average molecular weight is 397 g/mol. The third-order valence-corrected chi connectivity index (χ3v) is 8.30. The van der Waals surface area contributed by atoms with E-state index in [9.17, 15) is 23.1 Å². The molecule has 1 amide bonds. The molecular formula is C21H19NO5S. The molecule has 4 bridgehead atoms. The highest BCUT2D eigenvalue weighted by molar-refractivity contribution is 7.93. The Morgan fingerprint density at radius 3 is 2.29 bits per heavy atom. The van der Waals surface area contributed by atoms with Crippen molar-refractivity contribution in [3.8, 4) is 5.75 Å². The molecule has 0 aromatic heterocycles. The first-order valence-corrected chi connectivity index (χ1v) is 10.8. The second kappa shape index (κ2) is 5.67. The van der Waals surface area contributed by atoms with E-state index >= 15 is 0 Å². The van der Waals surface area contributed by atoms with E-state index < -0.39 is 21.3 Å². The van der Waals surface area contributed by atoms with Gasteiger partial charge in [-0.1, -0.05) is 18.2 Å². The Bertz CT molecular complexity index is 1080. The summed E-state index contributed by atoms with van der Waals surface area (Å²) in [7, 11) is -4.16. The summed E-state index contributed by atoms with van der Waals surface area (Å²) in [6.07, 6.45) is 2.03. The van der Waals surface area contributed by atoms with Crippen molar-refractivity contribution >= 4 is 27.4 Å². The van der Waals surface area contributed by atoms with Crippen molar-refractivity contribution in [3.63, 3.8) is 0 Å². The highest BCUT2D eigenvalue weighted by Crippen LogP contribution is 2.74. The topological polar surface area (TPSA) is 91.8 Å². The van der Waals surface area contributed by atoms with Crippen LogP contribution in [0.3, 0.4) is 0 Å². The summed E-state index contributed by atoms with van der Waals surface area (Å²) >= 11 is 0. The van der Waals surface area contributed by atoms with Crippen LogP contribution >= 0.6 is 0 Å². The van der Waals surface area contributed by atoms with E-state index in [1.807, 2.05) is 0 Å². The molecule has 0 saturated heterocycles. The number of rotatable bonds is 4. The zero-order valence-corrected chi connectivity index (χ0v) is 15.8. The summed E-state index contributed by atoms with van der Waals surface area (Å²) in [4.78, 5) is 26.2. The van der Waals surface area contributed by atoms with Crippen LogP contribution in [0, 0.1) is 23.2 Å². The fraction of sp³-hybridized carbons (Fsp3) is 0.333. The van der Waals surface area contributed by atoms with E-state index in [-0.39, 0.29) is 39.9 Å². The number of sulfonamides is 1. The summed E-state index contributed by atoms with van der Waals surface area (Å²) < 4.78 is 27.7. The summed E-state index contributed by atoms with van der Waals surface area (Å²) in [5, 5.41) is 9.59. The Morgan fingerprint density at radius 2 is 1.71 bits per heavy atom. The monoisotopic (exact) mass is 397 g/mol. The first-order chi connectivity index (χ1) is 13.4. The summed E-state index contributed by atoms with van der Waals surface area (Å²) in [5.74, 6) is -0.946. The van der Waals surface area contributed by atoms with Crippen LogP contribution in [0.25, 0.3) is 0 Å². The maximum atomic E-state index is 13.7. The van der Waals surface area contributed by atoms with Gasteiger partial charge in [-0.3, -0.25) is 9.59 Å². The fourth-order valence-electron chi connectivity index (χ4n) is 5.28. The van der Waals surface area contributed by atoms with Crippen molar-refractivity contribution in [1.82, 2.24) is 0 Å². The fourth-order valence-corrected chi connectivity index (χ4v) is 6.78. The number of carbonyl (C=O) groups is 2. The van der Waals surface area contributed by atoms with Crippen molar-refractivity contribution < 1.29 is 23.1 Å². The van der Waals surface area contributed by atoms with Crippen molar-refractivity contribution in [1.29, 1.82) is 0 Å². The van der Waals surface area contributed by atoms with Gasteiger partial charge in [-0.15, -0.1) is 0 Å². The van der Waals surface area contributed by atoms with Crippen molar-refractivity contribution in [3.05, 3.63) is 54.6 Å². The third kappa shape index (κ3) is 2.16. The molecule has 0 radical (unpaired) electrons. The molecule has 4 saturated carbocycles. The van der Waals surface area contributed by atoms with Crippen molar-refractivity contribution in [2.24, 2.45) is 23.2 Å². The number of phenolic OH excluding ortho intramolecular Hbond substituents is 1. The average Bonchev–Trinajstić information content (AvgIpc) is 3.32. The van der Waals surface area contributed by atoms with Gasteiger partial charge in [0, 0.05) is 11.8 Å². The largest absolute Gasteiger partial charge is 0.508 e. The predicted octanol–water partition coefficient (Wildman–Crippen LogP) is 2.73. The van der Waals surface area contributed by atoms with E-state index in [0.717, 1.165) is 17.1 Å². The van der Waals surface area contributed by atoms with Crippen molar-refractivity contribution in [2.45, 2.75) is 24.2 Å². The number of nitrogens with zero attached hydrogens (tertiary/aromatic N) is 1. The first-order valence-electron chi connectivity index (χ1n) is 9.35. The molecule has 4 fully saturated rings. The number of aromatic hydroxyl groups is 1. The van der Waals surface area contributed by atoms with Crippen LogP contribution in [-0.2, 0) is 19.6 Å². The Labute approximate surface area is 162 Å². The number of benzene rings is 2. The molecule has 2 aromatic rings. The number of hydrogen-bond acceptors (Lipinski definition) is 5. The van der Waals surface area contributed by atoms with Crippen LogP contribution in [0.15, 0.2) is 59.5 Å². The molecule has 4 unspecified atom stereocenters. The van der Waals surface area contributed by atoms with Gasteiger partial charge in [0.1, 0.15) is 11.5 Å². The summed E-state index contributed by atoms with van der Waals surface area (Å²) in [6.45, 7) is 0. The zero-order chi connectivity index (χ0) is 19.7. The second-order valence-corrected chi connectivity index (χ2v) is 9.70. The maximum absolute atomic E-state index is 13.7. The quantitative estimate of drug-likeness (QED) is 0.856. The minimum atomic E-state index is -4.16. The molecule has 4 aliphatic carbocycles. The Morgan fingerprint density at radius 1 is 1.04 bits per heavy atom. The highest BCUT2D eigenvalue weighted by atomic mass is 32.2. The number of Topliss-reactive ketones (excluding diaryl/α,β-unsaturated/α-hetero) is 1. The van der Waals surface area contributed by atoms with Crippen LogP contribution in [0.5, 0.6) is 5.75 Å². The molecule has 0 heterocycles. The van der Waals surface area contributed by atoms with Gasteiger partial charge < -0.3 is 5.11 Å². The first kappa shape index (κ1) is 17.4. The second-order valence-electron chi connectivity index (χ2n) is 7.91. The third-order valence-electron chi connectivity index (χ3n) is 6.58. The zero-order valence-electron chi connectivity index (χ0n) is 15.0. The lowest BCUT2D eigenvalue weighted by atomic mass is 9.80. The predicted molar refractivity (Wildman–Crippen MR) is 101 cm³/mol. The van der Waals surface area contributed by atoms with E-state index in [1.165, 1.54) is 36.4 Å². The Kier molecular flexibility index (Phi) is 3.53. The molecule has 144 valence electrons. The van der Waals surface area contributed by atoms with E-state index in [1.54, 1.807) is 18.2 Å². The minimum absolute atomic E-state index is 0.0134. The summed E-state index contributed by atoms with van der Waals surface area (Å²) in [5.41, 5.74) is -0.721. The Balaban J connectivity index is 1.63. The molecule has 2 aromatic carbocycles. The van der Waals surface area contributed by atoms with Gasteiger partial charge in [-0.25, -0.2) is 12.7 Å². The molecular weight excluding hydrogens is 378 g/mol. The van der Waals surface area contributed by atoms with Crippen LogP contribution in [0.1, 0.15) is 19.3 Å². The minimum Gasteiger partial charge on any atom is -0.508 e. The van der Waals surface area contributed by atoms with E-state index in [4.69, 9.17) is 0 Å². The lowest BCUT2D eigenvalue weighted by Gasteiger charge is -2.30. The lowest BCUT2D eigenvalue weighted by molar-refractivity contribution is -0.124. The summed E-state index contributed by atoms with van der Waals surface area (Å²) in [6, 6.07) is 13.3. The van der Waals surface area contributed by atoms with Gasteiger partial charge >= 0.3 is 0 Å². The SMILES string of the molecule is O=C1C2CCC3C1C3(C(=O)N(c1ccc(O)cc1)S(=O)(=O)c1ccccc1)C2. The highest BCUT2D eigenvalue weighted by Gasteiger charge is 2.80. The van der Waals surface area contributed by atoms with Gasteiger partial charge in [-0.05, 0) is 61.6 Å². The number of fused-ring (bicyclic) bond motifs is 1. The number of hydrogen-bond donors (Lipinski definition) is 1. The molecule has 28 heavy (non-hydrogen) atoms. The van der Waals surface area contributed by atoms with Crippen molar-refractivity contribution in [2.75, 3.05) is 4.31 Å². The molecule has 0 spiro atoms. The smallest absolute Gasteiger partial charge is 0.270 e. The molecule has 0 aliphatic heterocycles. The maximum Gasteiger partial charge on any atom is 0.270 e. The normalized spacial score (nSPS) is 30.1. The van der Waals surface area contributed by atoms with Crippen LogP contribution < -0.4 is 4.31 Å². The van der Waals surface area contributed by atoms with Gasteiger partial charge in [-0.2, -0.15) is 0 Å². The van der Waals surface area contributed by atoms with Gasteiger partial charge in [0.2, 0.25) is 5.91 Å². The number of carbonyl (C=O) groups excluding carboxylic acids is 2. The van der Waals surface area contributed by atoms with E-state index in [2.05, 4.69) is 0 Å². The van der Waals surface area contributed by atoms with Gasteiger partial charge in [0.25, 0.3) is 10.0 Å². The van der Waals surface area contributed by atoms with Crippen LogP contribution in [-0.4, -0.2) is 25.2 Å². The molecule has 4 atom stereocenters. The molecule has 6 rings (SSSR count). The molecule has 7 heteroatoms. The number of anilines is 1. The van der Waals surface area contributed by atoms with E-state index in [0.29, 0.717) is 6.42 Å². The number of phenols is 1. The van der Waals surface area contributed by atoms with Crippen LogP contribution in [0.2, 0.25) is 0 Å². The molecule has 1 N–H and O–H groups in total. The Hall–Kier alpha value is -2.67. The standard InChI is InChI=1S/C21H19NO5S/c23-15-9-7-14(8-10-15)22(28(26,27)16-4-2-1-3-5-16)20(25)21-12-13-6-11-17(21)18(21)19(13)24/h1-5,7-10,13,17-18,23H,6,11-12H2. The number of ketones is 1. The molecule has 6 nitrogen and oxygen atoms in total.